The smallest absolute Gasteiger partial charge is 0.319 e. The molecule has 1 aromatic rings. The largest absolute Gasteiger partial charge is 0.490 e. The molecule has 180 valence electrons. The SMILES string of the molecule is CCCNC(=O)Nc1ccc2c(c1)C(=O)N(C)[C@@H]1CC[C@@H](CC(=O)NC3CCC3)O[C@H]1CO2. The molecular weight excluding hydrogens is 424 g/mol. The van der Waals surface area contributed by atoms with Crippen molar-refractivity contribution >= 4 is 23.5 Å². The monoisotopic (exact) mass is 458 g/mol. The fraction of sp³-hybridized carbons (Fsp3) is 0.625. The van der Waals surface area contributed by atoms with Crippen LogP contribution in [-0.4, -0.2) is 67.2 Å². The molecule has 2 heterocycles. The number of carbonyl (C=O) groups is 3. The van der Waals surface area contributed by atoms with Crippen molar-refractivity contribution in [1.29, 1.82) is 0 Å². The lowest BCUT2D eigenvalue weighted by Crippen LogP contribution is -2.54. The first-order valence-corrected chi connectivity index (χ1v) is 12.0. The Bertz CT molecular complexity index is 888. The Morgan fingerprint density at radius 2 is 2.00 bits per heavy atom. The first-order valence-electron chi connectivity index (χ1n) is 12.0. The minimum atomic E-state index is -0.308. The third-order valence-corrected chi connectivity index (χ3v) is 6.69. The minimum Gasteiger partial charge on any atom is -0.490 e. The maximum atomic E-state index is 13.3. The molecule has 2 fully saturated rings. The van der Waals surface area contributed by atoms with Gasteiger partial charge in [0.1, 0.15) is 18.5 Å². The number of hydrogen-bond acceptors (Lipinski definition) is 5. The highest BCUT2D eigenvalue weighted by atomic mass is 16.5. The molecule has 2 aliphatic heterocycles. The molecular formula is C24H34N4O5. The van der Waals surface area contributed by atoms with Gasteiger partial charge in [0.15, 0.2) is 0 Å². The number of nitrogens with one attached hydrogen (secondary N) is 3. The van der Waals surface area contributed by atoms with Gasteiger partial charge in [-0.15, -0.1) is 0 Å². The van der Waals surface area contributed by atoms with Crippen LogP contribution in [0.3, 0.4) is 0 Å². The lowest BCUT2D eigenvalue weighted by Gasteiger charge is -2.42. The van der Waals surface area contributed by atoms with E-state index in [9.17, 15) is 14.4 Å². The Morgan fingerprint density at radius 1 is 1.18 bits per heavy atom. The number of urea groups is 1. The van der Waals surface area contributed by atoms with Gasteiger partial charge in [-0.3, -0.25) is 9.59 Å². The molecule has 3 N–H and O–H groups in total. The molecule has 3 atom stereocenters. The maximum Gasteiger partial charge on any atom is 0.319 e. The maximum absolute atomic E-state index is 13.3. The molecule has 0 bridgehead atoms. The van der Waals surface area contributed by atoms with Crippen molar-refractivity contribution in [3.8, 4) is 5.75 Å². The molecule has 4 amide bonds. The van der Waals surface area contributed by atoms with E-state index in [1.54, 1.807) is 30.1 Å². The molecule has 1 saturated carbocycles. The molecule has 1 aromatic carbocycles. The van der Waals surface area contributed by atoms with Crippen LogP contribution in [0.15, 0.2) is 18.2 Å². The number of anilines is 1. The highest BCUT2D eigenvalue weighted by molar-refractivity contribution is 5.99. The first-order chi connectivity index (χ1) is 15.9. The Labute approximate surface area is 194 Å². The van der Waals surface area contributed by atoms with Crippen LogP contribution in [-0.2, 0) is 9.53 Å². The lowest BCUT2D eigenvalue weighted by molar-refractivity contribution is -0.135. The van der Waals surface area contributed by atoms with Gasteiger partial charge in [0.2, 0.25) is 5.91 Å². The van der Waals surface area contributed by atoms with Gasteiger partial charge in [0.25, 0.3) is 5.91 Å². The average molecular weight is 459 g/mol. The Balaban J connectivity index is 1.41. The molecule has 0 spiro atoms. The summed E-state index contributed by atoms with van der Waals surface area (Å²) >= 11 is 0. The van der Waals surface area contributed by atoms with Gasteiger partial charge < -0.3 is 30.3 Å². The third kappa shape index (κ3) is 5.58. The molecule has 0 aromatic heterocycles. The van der Waals surface area contributed by atoms with E-state index in [1.165, 1.54) is 6.42 Å². The average Bonchev–Trinajstić information content (AvgIpc) is 2.77. The van der Waals surface area contributed by atoms with Crippen LogP contribution < -0.4 is 20.7 Å². The van der Waals surface area contributed by atoms with Gasteiger partial charge in [0.05, 0.1) is 24.1 Å². The van der Waals surface area contributed by atoms with Crippen LogP contribution in [0.1, 0.15) is 62.2 Å². The van der Waals surface area contributed by atoms with E-state index in [0.717, 1.165) is 25.7 Å². The number of nitrogens with zero attached hydrogens (tertiary/aromatic N) is 1. The summed E-state index contributed by atoms with van der Waals surface area (Å²) in [5.41, 5.74) is 0.938. The van der Waals surface area contributed by atoms with Crippen LogP contribution in [0.4, 0.5) is 10.5 Å². The zero-order valence-corrected chi connectivity index (χ0v) is 19.4. The van der Waals surface area contributed by atoms with Crippen molar-refractivity contribution in [1.82, 2.24) is 15.5 Å². The molecule has 0 radical (unpaired) electrons. The molecule has 3 aliphatic rings. The first kappa shape index (κ1) is 23.4. The van der Waals surface area contributed by atoms with Crippen LogP contribution in [0.5, 0.6) is 5.75 Å². The van der Waals surface area contributed by atoms with E-state index >= 15 is 0 Å². The predicted molar refractivity (Wildman–Crippen MR) is 123 cm³/mol. The zero-order valence-electron chi connectivity index (χ0n) is 19.4. The van der Waals surface area contributed by atoms with Crippen LogP contribution >= 0.6 is 0 Å². The number of benzene rings is 1. The van der Waals surface area contributed by atoms with Gasteiger partial charge >= 0.3 is 6.03 Å². The summed E-state index contributed by atoms with van der Waals surface area (Å²) in [5.74, 6) is 0.313. The number of hydrogen-bond donors (Lipinski definition) is 3. The fourth-order valence-electron chi connectivity index (χ4n) is 4.57. The molecule has 1 saturated heterocycles. The van der Waals surface area contributed by atoms with Crippen molar-refractivity contribution in [2.24, 2.45) is 0 Å². The van der Waals surface area contributed by atoms with Crippen molar-refractivity contribution < 1.29 is 23.9 Å². The quantitative estimate of drug-likeness (QED) is 0.607. The Morgan fingerprint density at radius 3 is 2.73 bits per heavy atom. The van der Waals surface area contributed by atoms with Crippen LogP contribution in [0.25, 0.3) is 0 Å². The van der Waals surface area contributed by atoms with E-state index in [0.29, 0.717) is 49.0 Å². The Kier molecular flexibility index (Phi) is 7.37. The molecule has 9 heteroatoms. The molecule has 1 aliphatic carbocycles. The number of fused-ring (bicyclic) bond motifs is 2. The number of amides is 4. The highest BCUT2D eigenvalue weighted by Gasteiger charge is 2.39. The summed E-state index contributed by atoms with van der Waals surface area (Å²) in [6, 6.07) is 4.93. The summed E-state index contributed by atoms with van der Waals surface area (Å²) in [6.07, 6.45) is 5.44. The van der Waals surface area contributed by atoms with E-state index in [2.05, 4.69) is 16.0 Å². The summed E-state index contributed by atoms with van der Waals surface area (Å²) in [4.78, 5) is 39.3. The number of carbonyl (C=O) groups excluding carboxylic acids is 3. The van der Waals surface area contributed by atoms with Gasteiger partial charge in [-0.05, 0) is 56.7 Å². The lowest BCUT2D eigenvalue weighted by atomic mass is 9.92. The summed E-state index contributed by atoms with van der Waals surface area (Å²) in [7, 11) is 1.77. The minimum absolute atomic E-state index is 0.0349. The third-order valence-electron chi connectivity index (χ3n) is 6.69. The van der Waals surface area contributed by atoms with Gasteiger partial charge in [-0.25, -0.2) is 4.79 Å². The summed E-state index contributed by atoms with van der Waals surface area (Å²) < 4.78 is 12.2. The molecule has 33 heavy (non-hydrogen) atoms. The van der Waals surface area contributed by atoms with Gasteiger partial charge in [-0.1, -0.05) is 6.92 Å². The number of likely N-dealkylation sites (N-methyl/N-ethyl adjacent to an activating group) is 1. The molecule has 9 nitrogen and oxygen atoms in total. The second-order valence-electron chi connectivity index (χ2n) is 9.16. The summed E-state index contributed by atoms with van der Waals surface area (Å²) in [6.45, 7) is 2.85. The van der Waals surface area contributed by atoms with Crippen LogP contribution in [0.2, 0.25) is 0 Å². The van der Waals surface area contributed by atoms with E-state index in [1.807, 2.05) is 6.92 Å². The standard InChI is InChI=1S/C24H34N4O5/c1-3-11-25-24(31)27-16-7-10-20-18(12-16)23(30)28(2)19-9-8-17(33-21(19)14-32-20)13-22(29)26-15-5-4-6-15/h7,10,12,15,17,19,21H,3-6,8-9,11,13-14H2,1-2H3,(H,26,29)(H2,25,27,31)/t17-,19+,21-/m0/s1. The van der Waals surface area contributed by atoms with E-state index in [4.69, 9.17) is 9.47 Å². The van der Waals surface area contributed by atoms with Crippen molar-refractivity contribution in [2.75, 3.05) is 25.5 Å². The topological polar surface area (TPSA) is 109 Å². The highest BCUT2D eigenvalue weighted by Crippen LogP contribution is 2.32. The predicted octanol–water partition coefficient (Wildman–Crippen LogP) is 2.66. The van der Waals surface area contributed by atoms with E-state index in [-0.39, 0.29) is 36.1 Å². The van der Waals surface area contributed by atoms with E-state index < -0.39 is 0 Å². The van der Waals surface area contributed by atoms with Crippen LogP contribution in [0, 0.1) is 0 Å². The second kappa shape index (κ2) is 10.4. The summed E-state index contributed by atoms with van der Waals surface area (Å²) in [5, 5.41) is 8.58. The number of ether oxygens (including phenoxy) is 2. The van der Waals surface area contributed by atoms with Crippen molar-refractivity contribution in [3.05, 3.63) is 23.8 Å². The normalized spacial score (nSPS) is 24.8. The number of rotatable bonds is 6. The van der Waals surface area contributed by atoms with Crippen molar-refractivity contribution in [2.45, 2.75) is 76.2 Å². The Hall–Kier alpha value is -2.81. The van der Waals surface area contributed by atoms with Gasteiger partial charge in [0, 0.05) is 25.3 Å². The molecule has 0 unspecified atom stereocenters. The molecule has 4 rings (SSSR count). The zero-order chi connectivity index (χ0) is 23.4. The second-order valence-corrected chi connectivity index (χ2v) is 9.16. The van der Waals surface area contributed by atoms with Crippen molar-refractivity contribution in [3.63, 3.8) is 0 Å². The fourth-order valence-corrected chi connectivity index (χ4v) is 4.57. The van der Waals surface area contributed by atoms with Gasteiger partial charge in [-0.2, -0.15) is 0 Å².